The van der Waals surface area contributed by atoms with Crippen LogP contribution in [-0.2, 0) is 28.6 Å². The SMILES string of the molecule is CCOC(=O)C(C)(CC)COCCOC(=O)C1CCCCC1C(=O)O. The minimum atomic E-state index is -0.939. The molecule has 3 atom stereocenters. The largest absolute Gasteiger partial charge is 0.481 e. The van der Waals surface area contributed by atoms with Gasteiger partial charge in [-0.3, -0.25) is 14.4 Å². The van der Waals surface area contributed by atoms with Crippen LogP contribution in [-0.4, -0.2) is 49.4 Å². The summed E-state index contributed by atoms with van der Waals surface area (Å²) < 4.78 is 15.7. The van der Waals surface area contributed by atoms with Gasteiger partial charge in [-0.25, -0.2) is 0 Å². The molecule has 0 saturated heterocycles. The maximum atomic E-state index is 12.1. The van der Waals surface area contributed by atoms with Gasteiger partial charge in [-0.1, -0.05) is 19.8 Å². The first-order valence-corrected chi connectivity index (χ1v) is 9.00. The summed E-state index contributed by atoms with van der Waals surface area (Å²) in [6, 6.07) is 0. The van der Waals surface area contributed by atoms with Crippen molar-refractivity contribution in [2.75, 3.05) is 26.4 Å². The number of carbonyl (C=O) groups excluding carboxylic acids is 2. The summed E-state index contributed by atoms with van der Waals surface area (Å²) in [5, 5.41) is 9.20. The van der Waals surface area contributed by atoms with Gasteiger partial charge in [0.2, 0.25) is 0 Å². The lowest BCUT2D eigenvalue weighted by Gasteiger charge is -2.27. The molecule has 1 aliphatic rings. The van der Waals surface area contributed by atoms with Gasteiger partial charge >= 0.3 is 17.9 Å². The van der Waals surface area contributed by atoms with Crippen molar-refractivity contribution in [3.05, 3.63) is 0 Å². The Kier molecular flexibility index (Phi) is 8.89. The summed E-state index contributed by atoms with van der Waals surface area (Å²) in [5.74, 6) is -2.95. The van der Waals surface area contributed by atoms with Crippen LogP contribution in [0.1, 0.15) is 52.9 Å². The zero-order valence-electron chi connectivity index (χ0n) is 15.4. The molecule has 7 nitrogen and oxygen atoms in total. The van der Waals surface area contributed by atoms with Crippen molar-refractivity contribution >= 4 is 17.9 Å². The van der Waals surface area contributed by atoms with E-state index in [1.165, 1.54) is 0 Å². The molecule has 0 aliphatic heterocycles. The van der Waals surface area contributed by atoms with Crippen LogP contribution >= 0.6 is 0 Å². The Balaban J connectivity index is 2.35. The van der Waals surface area contributed by atoms with Crippen LogP contribution in [0.5, 0.6) is 0 Å². The quantitative estimate of drug-likeness (QED) is 0.473. The van der Waals surface area contributed by atoms with E-state index in [4.69, 9.17) is 14.2 Å². The Morgan fingerprint density at radius 2 is 1.68 bits per heavy atom. The topological polar surface area (TPSA) is 99.1 Å². The summed E-state index contributed by atoms with van der Waals surface area (Å²) in [4.78, 5) is 35.3. The van der Waals surface area contributed by atoms with E-state index in [0.717, 1.165) is 12.8 Å². The predicted molar refractivity (Wildman–Crippen MR) is 89.9 cm³/mol. The highest BCUT2D eigenvalue weighted by Gasteiger charge is 2.37. The number of hydrogen-bond acceptors (Lipinski definition) is 6. The van der Waals surface area contributed by atoms with E-state index < -0.39 is 29.2 Å². The first-order valence-electron chi connectivity index (χ1n) is 9.00. The fourth-order valence-corrected chi connectivity index (χ4v) is 2.92. The average molecular weight is 358 g/mol. The molecule has 0 aromatic heterocycles. The Bertz CT molecular complexity index is 462. The summed E-state index contributed by atoms with van der Waals surface area (Å²) in [5.41, 5.74) is -0.724. The van der Waals surface area contributed by atoms with E-state index in [0.29, 0.717) is 25.9 Å². The van der Waals surface area contributed by atoms with Crippen LogP contribution < -0.4 is 0 Å². The molecule has 1 rings (SSSR count). The Morgan fingerprint density at radius 1 is 1.04 bits per heavy atom. The van der Waals surface area contributed by atoms with Gasteiger partial charge in [0.15, 0.2) is 0 Å². The Labute approximate surface area is 149 Å². The number of carbonyl (C=O) groups is 3. The zero-order chi connectivity index (χ0) is 18.9. The summed E-state index contributed by atoms with van der Waals surface area (Å²) in [6.45, 7) is 6.12. The van der Waals surface area contributed by atoms with Crippen LogP contribution in [0, 0.1) is 17.3 Å². The van der Waals surface area contributed by atoms with Gasteiger partial charge in [0, 0.05) is 0 Å². The molecule has 0 heterocycles. The smallest absolute Gasteiger partial charge is 0.314 e. The lowest BCUT2D eigenvalue weighted by molar-refractivity contribution is -0.163. The van der Waals surface area contributed by atoms with Gasteiger partial charge < -0.3 is 19.3 Å². The third-order valence-electron chi connectivity index (χ3n) is 4.83. The normalized spacial score (nSPS) is 22.7. The number of carboxylic acids is 1. The monoisotopic (exact) mass is 358 g/mol. The highest BCUT2D eigenvalue weighted by Crippen LogP contribution is 2.31. The second kappa shape index (κ2) is 10.4. The first-order chi connectivity index (χ1) is 11.9. The highest BCUT2D eigenvalue weighted by molar-refractivity contribution is 5.81. The predicted octanol–water partition coefficient (Wildman–Crippen LogP) is 2.42. The highest BCUT2D eigenvalue weighted by atomic mass is 16.6. The third kappa shape index (κ3) is 6.30. The molecule has 1 N–H and O–H groups in total. The van der Waals surface area contributed by atoms with Crippen LogP contribution in [0.4, 0.5) is 0 Å². The molecule has 7 heteroatoms. The lowest BCUT2D eigenvalue weighted by Crippen LogP contribution is -2.35. The van der Waals surface area contributed by atoms with Crippen LogP contribution in [0.25, 0.3) is 0 Å². The van der Waals surface area contributed by atoms with Crippen molar-refractivity contribution in [3.8, 4) is 0 Å². The maximum absolute atomic E-state index is 12.1. The fourth-order valence-electron chi connectivity index (χ4n) is 2.92. The van der Waals surface area contributed by atoms with Gasteiger partial charge in [0.25, 0.3) is 0 Å². The third-order valence-corrected chi connectivity index (χ3v) is 4.83. The molecule has 3 unspecified atom stereocenters. The summed E-state index contributed by atoms with van der Waals surface area (Å²) in [6.07, 6.45) is 3.31. The number of aliphatic carboxylic acids is 1. The number of carboxylic acid groups (broad SMARTS) is 1. The van der Waals surface area contributed by atoms with Gasteiger partial charge in [0.1, 0.15) is 6.61 Å². The molecule has 0 amide bonds. The van der Waals surface area contributed by atoms with E-state index in [9.17, 15) is 19.5 Å². The van der Waals surface area contributed by atoms with E-state index in [-0.39, 0.29) is 25.8 Å². The number of hydrogen-bond donors (Lipinski definition) is 1. The average Bonchev–Trinajstić information content (AvgIpc) is 2.61. The summed E-state index contributed by atoms with van der Waals surface area (Å²) in [7, 11) is 0. The van der Waals surface area contributed by atoms with Gasteiger partial charge in [-0.2, -0.15) is 0 Å². The maximum Gasteiger partial charge on any atom is 0.314 e. The van der Waals surface area contributed by atoms with Crippen LogP contribution in [0.3, 0.4) is 0 Å². The number of rotatable bonds is 10. The van der Waals surface area contributed by atoms with Crippen molar-refractivity contribution in [1.29, 1.82) is 0 Å². The van der Waals surface area contributed by atoms with Crippen LogP contribution in [0.2, 0.25) is 0 Å². The van der Waals surface area contributed by atoms with Crippen molar-refractivity contribution < 1.29 is 33.7 Å². The van der Waals surface area contributed by atoms with E-state index >= 15 is 0 Å². The molecule has 0 aromatic carbocycles. The number of ether oxygens (including phenoxy) is 3. The zero-order valence-corrected chi connectivity index (χ0v) is 15.4. The molecule has 25 heavy (non-hydrogen) atoms. The minimum Gasteiger partial charge on any atom is -0.481 e. The van der Waals surface area contributed by atoms with E-state index in [2.05, 4.69) is 0 Å². The first kappa shape index (κ1) is 21.4. The minimum absolute atomic E-state index is 0.0459. The fraction of sp³-hybridized carbons (Fsp3) is 0.833. The second-order valence-electron chi connectivity index (χ2n) is 6.69. The van der Waals surface area contributed by atoms with Crippen LogP contribution in [0.15, 0.2) is 0 Å². The van der Waals surface area contributed by atoms with E-state index in [1.54, 1.807) is 13.8 Å². The van der Waals surface area contributed by atoms with Crippen molar-refractivity contribution in [2.45, 2.75) is 52.9 Å². The Morgan fingerprint density at radius 3 is 2.24 bits per heavy atom. The molecule has 1 aliphatic carbocycles. The molecular weight excluding hydrogens is 328 g/mol. The Hall–Kier alpha value is -1.63. The van der Waals surface area contributed by atoms with E-state index in [1.807, 2.05) is 6.92 Å². The van der Waals surface area contributed by atoms with Gasteiger partial charge in [0.05, 0.1) is 37.1 Å². The standard InChI is InChI=1S/C18H30O7/c1-4-18(3,17(22)24-5-2)12-23-10-11-25-16(21)14-9-7-6-8-13(14)15(19)20/h13-14H,4-12H2,1-3H3,(H,19,20). The lowest BCUT2D eigenvalue weighted by atomic mass is 9.79. The van der Waals surface area contributed by atoms with Crippen molar-refractivity contribution in [2.24, 2.45) is 17.3 Å². The molecule has 1 fully saturated rings. The number of esters is 2. The second-order valence-corrected chi connectivity index (χ2v) is 6.69. The van der Waals surface area contributed by atoms with Gasteiger partial charge in [-0.05, 0) is 33.1 Å². The molecule has 0 spiro atoms. The van der Waals surface area contributed by atoms with Gasteiger partial charge in [-0.15, -0.1) is 0 Å². The summed E-state index contributed by atoms with van der Waals surface area (Å²) >= 11 is 0. The van der Waals surface area contributed by atoms with Crippen molar-refractivity contribution in [3.63, 3.8) is 0 Å². The molecule has 144 valence electrons. The molecule has 0 aromatic rings. The van der Waals surface area contributed by atoms with Crippen molar-refractivity contribution in [1.82, 2.24) is 0 Å². The molecular formula is C18H30O7. The molecule has 0 bridgehead atoms. The molecule has 0 radical (unpaired) electrons. The molecule has 1 saturated carbocycles.